The molecule has 2 aromatic heterocycles. The Kier molecular flexibility index (Phi) is 7.54. The van der Waals surface area contributed by atoms with Crippen molar-refractivity contribution in [3.8, 4) is 11.4 Å². The molecule has 7 nitrogen and oxygen atoms in total. The summed E-state index contributed by atoms with van der Waals surface area (Å²) in [5, 5.41) is 11.0. The molecular weight excluding hydrogens is 440 g/mol. The number of nitrogens with two attached hydrogens (primary N) is 1. The quantitative estimate of drug-likeness (QED) is 0.322. The van der Waals surface area contributed by atoms with E-state index in [1.54, 1.807) is 0 Å². The van der Waals surface area contributed by atoms with Gasteiger partial charge in [0, 0.05) is 23.2 Å². The minimum atomic E-state index is -0.830. The van der Waals surface area contributed by atoms with E-state index < -0.39 is 12.0 Å². The maximum Gasteiger partial charge on any atom is 0.326 e. The Morgan fingerprint density at radius 1 is 1.11 bits per heavy atom. The predicted octanol–water partition coefficient (Wildman–Crippen LogP) is 5.91. The molecule has 1 amide bonds. The minimum Gasteiger partial charge on any atom is -0.480 e. The number of amides is 1. The van der Waals surface area contributed by atoms with E-state index in [9.17, 15) is 14.7 Å². The fourth-order valence-corrected chi connectivity index (χ4v) is 4.90. The van der Waals surface area contributed by atoms with Crippen molar-refractivity contribution < 1.29 is 14.7 Å². The summed E-state index contributed by atoms with van der Waals surface area (Å²) in [6.07, 6.45) is 8.15. The zero-order chi connectivity index (χ0) is 24.9. The number of carboxylic acids is 1. The number of primary amides is 1. The summed E-state index contributed by atoms with van der Waals surface area (Å²) >= 11 is 0. The summed E-state index contributed by atoms with van der Waals surface area (Å²) in [6.45, 7) is 4.08. The van der Waals surface area contributed by atoms with Crippen molar-refractivity contribution in [1.82, 2.24) is 14.5 Å². The number of nitrogens with zero attached hydrogens (tertiary/aromatic N) is 2. The number of nitrogens with one attached hydrogen (secondary N) is 1. The van der Waals surface area contributed by atoms with Crippen molar-refractivity contribution in [2.45, 2.75) is 58.4 Å². The van der Waals surface area contributed by atoms with Crippen LogP contribution in [-0.4, -0.2) is 31.5 Å². The lowest BCUT2D eigenvalue weighted by molar-refractivity contribution is -0.141. The summed E-state index contributed by atoms with van der Waals surface area (Å²) in [5.74, 6) is 0.212. The van der Waals surface area contributed by atoms with Crippen LogP contribution in [0.1, 0.15) is 58.4 Å². The smallest absolute Gasteiger partial charge is 0.326 e. The number of hydrogen-bond donors (Lipinski definition) is 3. The van der Waals surface area contributed by atoms with Crippen LogP contribution in [0.2, 0.25) is 0 Å². The highest BCUT2D eigenvalue weighted by Crippen LogP contribution is 2.32. The Morgan fingerprint density at radius 2 is 1.86 bits per heavy atom. The van der Waals surface area contributed by atoms with E-state index in [-0.39, 0.29) is 17.7 Å². The molecule has 0 bridgehead atoms. The number of benzene rings is 2. The van der Waals surface area contributed by atoms with E-state index in [0.29, 0.717) is 12.2 Å². The Labute approximate surface area is 205 Å². The van der Waals surface area contributed by atoms with E-state index in [1.165, 1.54) is 19.3 Å². The highest BCUT2D eigenvalue weighted by Gasteiger charge is 2.26. The van der Waals surface area contributed by atoms with Crippen LogP contribution in [0.15, 0.2) is 54.7 Å². The van der Waals surface area contributed by atoms with Gasteiger partial charge in [0.15, 0.2) is 0 Å². The first-order valence-electron chi connectivity index (χ1n) is 12.4. The third kappa shape index (κ3) is 5.56. The second-order valence-electron chi connectivity index (χ2n) is 9.79. The zero-order valence-electron chi connectivity index (χ0n) is 20.4. The van der Waals surface area contributed by atoms with Gasteiger partial charge in [-0.15, -0.1) is 0 Å². The third-order valence-corrected chi connectivity index (χ3v) is 6.71. The molecule has 5 rings (SSSR count). The number of fused-ring (bicyclic) bond motifs is 2. The van der Waals surface area contributed by atoms with Crippen molar-refractivity contribution in [3.63, 3.8) is 0 Å². The molecular formula is C28H34N4O3. The first-order valence-corrected chi connectivity index (χ1v) is 12.4. The molecule has 1 aliphatic rings. The van der Waals surface area contributed by atoms with Crippen LogP contribution in [0.3, 0.4) is 0 Å². The van der Waals surface area contributed by atoms with Crippen LogP contribution in [0, 0.1) is 11.8 Å². The number of rotatable bonds is 6. The molecule has 1 unspecified atom stereocenters. The summed E-state index contributed by atoms with van der Waals surface area (Å²) in [4.78, 5) is 30.6. The van der Waals surface area contributed by atoms with Crippen LogP contribution < -0.4 is 5.73 Å². The summed E-state index contributed by atoms with van der Waals surface area (Å²) in [6, 6.07) is 15.1. The number of H-pyrrole nitrogens is 1. The highest BCUT2D eigenvalue weighted by atomic mass is 16.4. The molecule has 35 heavy (non-hydrogen) atoms. The molecule has 4 N–H and O–H groups in total. The van der Waals surface area contributed by atoms with E-state index >= 15 is 0 Å². The Balaban J connectivity index is 0.000000271. The number of aromatic nitrogens is 3. The van der Waals surface area contributed by atoms with Gasteiger partial charge in [0.2, 0.25) is 5.91 Å². The summed E-state index contributed by atoms with van der Waals surface area (Å²) < 4.78 is 1.88. The molecule has 2 heterocycles. The standard InChI is InChI=1S/C21H21N3O2.C7H13NO/c1-13(2)11-19(21(25)26)24-18-6-4-3-5-16(18)23-20(24)15-8-7-14-9-10-22-17(14)12-15;8-7(9)6-4-2-1-3-5-6/h3-10,12-13,19,22H,11H2,1-2H3,(H,25,26);6H,1-5H2,(H2,8,9). The van der Waals surface area contributed by atoms with E-state index in [2.05, 4.69) is 4.98 Å². The number of carbonyl (C=O) groups is 2. The largest absolute Gasteiger partial charge is 0.480 e. The molecule has 1 fully saturated rings. The second kappa shape index (κ2) is 10.8. The van der Waals surface area contributed by atoms with Gasteiger partial charge >= 0.3 is 5.97 Å². The van der Waals surface area contributed by atoms with Crippen LogP contribution in [0.4, 0.5) is 0 Å². The lowest BCUT2D eigenvalue weighted by atomic mass is 9.89. The fourth-order valence-electron chi connectivity index (χ4n) is 4.90. The van der Waals surface area contributed by atoms with Gasteiger partial charge in [0.1, 0.15) is 11.9 Å². The molecule has 0 radical (unpaired) electrons. The number of aliphatic carboxylic acids is 1. The van der Waals surface area contributed by atoms with Crippen LogP contribution in [-0.2, 0) is 9.59 Å². The van der Waals surface area contributed by atoms with E-state index in [0.717, 1.165) is 40.3 Å². The van der Waals surface area contributed by atoms with Crippen molar-refractivity contribution in [2.24, 2.45) is 17.6 Å². The predicted molar refractivity (Wildman–Crippen MR) is 139 cm³/mol. The Hall–Kier alpha value is -3.61. The van der Waals surface area contributed by atoms with E-state index in [4.69, 9.17) is 10.7 Å². The van der Waals surface area contributed by atoms with Crippen LogP contribution >= 0.6 is 0 Å². The van der Waals surface area contributed by atoms with E-state index in [1.807, 2.05) is 73.1 Å². The molecule has 2 aromatic carbocycles. The van der Waals surface area contributed by atoms with Gasteiger partial charge in [-0.2, -0.15) is 0 Å². The normalized spacial score (nSPS) is 15.2. The Bertz CT molecular complexity index is 1310. The highest BCUT2D eigenvalue weighted by molar-refractivity contribution is 5.88. The first kappa shape index (κ1) is 24.5. The summed E-state index contributed by atoms with van der Waals surface area (Å²) in [5.41, 5.74) is 8.71. The monoisotopic (exact) mass is 474 g/mol. The number of hydrogen-bond acceptors (Lipinski definition) is 3. The maximum absolute atomic E-state index is 12.1. The third-order valence-electron chi connectivity index (χ3n) is 6.71. The summed E-state index contributed by atoms with van der Waals surface area (Å²) in [7, 11) is 0. The molecule has 184 valence electrons. The number of carbonyl (C=O) groups excluding carboxylic acids is 1. The van der Waals surface area contributed by atoms with Gasteiger partial charge in [-0.1, -0.05) is 57.4 Å². The number of carboxylic acid groups (broad SMARTS) is 1. The van der Waals surface area contributed by atoms with Gasteiger partial charge in [-0.3, -0.25) is 4.79 Å². The Morgan fingerprint density at radius 3 is 2.51 bits per heavy atom. The maximum atomic E-state index is 12.1. The molecule has 0 spiro atoms. The first-order chi connectivity index (χ1) is 16.8. The fraction of sp³-hybridized carbons (Fsp3) is 0.393. The lowest BCUT2D eigenvalue weighted by Crippen LogP contribution is -2.24. The number of imidazole rings is 1. The topological polar surface area (TPSA) is 114 Å². The molecule has 1 atom stereocenters. The van der Waals surface area contributed by atoms with Crippen LogP contribution in [0.25, 0.3) is 33.3 Å². The van der Waals surface area contributed by atoms with Gasteiger partial charge < -0.3 is 20.4 Å². The van der Waals surface area contributed by atoms with Crippen molar-refractivity contribution in [1.29, 1.82) is 0 Å². The molecule has 0 aliphatic heterocycles. The van der Waals surface area contributed by atoms with Crippen molar-refractivity contribution >= 4 is 33.8 Å². The second-order valence-corrected chi connectivity index (χ2v) is 9.79. The lowest BCUT2D eigenvalue weighted by Gasteiger charge is -2.20. The average Bonchev–Trinajstić information content (AvgIpc) is 3.47. The van der Waals surface area contributed by atoms with Gasteiger partial charge in [0.25, 0.3) is 0 Å². The minimum absolute atomic E-state index is 0.102. The molecule has 7 heteroatoms. The van der Waals surface area contributed by atoms with Gasteiger partial charge in [-0.25, -0.2) is 9.78 Å². The van der Waals surface area contributed by atoms with Crippen molar-refractivity contribution in [3.05, 3.63) is 54.7 Å². The van der Waals surface area contributed by atoms with Crippen molar-refractivity contribution in [2.75, 3.05) is 0 Å². The molecule has 1 saturated carbocycles. The molecule has 0 saturated heterocycles. The number of para-hydroxylation sites is 2. The van der Waals surface area contributed by atoms with Crippen LogP contribution in [0.5, 0.6) is 0 Å². The molecule has 1 aliphatic carbocycles. The number of aromatic amines is 1. The average molecular weight is 475 g/mol. The zero-order valence-corrected chi connectivity index (χ0v) is 20.4. The van der Waals surface area contributed by atoms with Gasteiger partial charge in [0.05, 0.1) is 11.0 Å². The van der Waals surface area contributed by atoms with Gasteiger partial charge in [-0.05, 0) is 54.8 Å². The molecule has 4 aromatic rings. The SMILES string of the molecule is CC(C)CC(C(=O)O)n1c(-c2ccc3cc[nH]c3c2)nc2ccccc21.NC(=O)C1CCCCC1.